The van der Waals surface area contributed by atoms with Crippen molar-refractivity contribution in [3.05, 3.63) is 16.1 Å². The van der Waals surface area contributed by atoms with Crippen LogP contribution in [0.4, 0.5) is 0 Å². The van der Waals surface area contributed by atoms with E-state index in [2.05, 4.69) is 36.4 Å². The normalized spacial score (nSPS) is 27.1. The Balaban J connectivity index is 0.00000147. The lowest BCUT2D eigenvalue weighted by atomic mass is 9.98. The highest BCUT2D eigenvalue weighted by atomic mass is 35.5. The third kappa shape index (κ3) is 3.73. The highest BCUT2D eigenvalue weighted by Crippen LogP contribution is 2.27. The molecule has 1 aromatic rings. The van der Waals surface area contributed by atoms with Crippen molar-refractivity contribution in [1.29, 1.82) is 0 Å². The number of thiazole rings is 1. The van der Waals surface area contributed by atoms with Gasteiger partial charge in [-0.25, -0.2) is 4.98 Å². The molecule has 2 aliphatic heterocycles. The van der Waals surface area contributed by atoms with E-state index in [0.717, 1.165) is 12.6 Å². The lowest BCUT2D eigenvalue weighted by molar-refractivity contribution is 0.248. The molecule has 0 amide bonds. The summed E-state index contributed by atoms with van der Waals surface area (Å²) in [7, 11) is 0. The predicted molar refractivity (Wildman–Crippen MR) is 87.9 cm³/mol. The molecular formula is C15H26ClN3S. The number of halogens is 1. The summed E-state index contributed by atoms with van der Waals surface area (Å²) in [5, 5.41) is 7.25. The van der Waals surface area contributed by atoms with Gasteiger partial charge in [0.05, 0.1) is 10.7 Å². The SMILES string of the molecule is CC(C)(C)c1nc(CN2CCC3CCC(C2)N3)cs1.Cl. The number of fused-ring (bicyclic) bond motifs is 2. The van der Waals surface area contributed by atoms with Crippen LogP contribution in [0.2, 0.25) is 0 Å². The first-order valence-electron chi connectivity index (χ1n) is 7.44. The highest BCUT2D eigenvalue weighted by Gasteiger charge is 2.29. The topological polar surface area (TPSA) is 28.2 Å². The summed E-state index contributed by atoms with van der Waals surface area (Å²) in [6, 6.07) is 1.49. The molecule has 2 saturated heterocycles. The lowest BCUT2D eigenvalue weighted by Crippen LogP contribution is -2.35. The maximum absolute atomic E-state index is 4.82. The second-order valence-electron chi connectivity index (χ2n) is 7.06. The van der Waals surface area contributed by atoms with E-state index < -0.39 is 0 Å². The van der Waals surface area contributed by atoms with Gasteiger partial charge >= 0.3 is 0 Å². The molecule has 5 heteroatoms. The van der Waals surface area contributed by atoms with E-state index in [1.807, 2.05) is 11.3 Å². The average molecular weight is 316 g/mol. The van der Waals surface area contributed by atoms with Crippen molar-refractivity contribution in [1.82, 2.24) is 15.2 Å². The summed E-state index contributed by atoms with van der Waals surface area (Å²) < 4.78 is 0. The van der Waals surface area contributed by atoms with E-state index in [1.165, 1.54) is 43.1 Å². The van der Waals surface area contributed by atoms with Gasteiger partial charge in [0.15, 0.2) is 0 Å². The van der Waals surface area contributed by atoms with Gasteiger partial charge in [-0.15, -0.1) is 23.7 Å². The van der Waals surface area contributed by atoms with Gasteiger partial charge in [0, 0.05) is 42.5 Å². The molecule has 2 fully saturated rings. The Morgan fingerprint density at radius 2 is 2.05 bits per heavy atom. The Morgan fingerprint density at radius 3 is 2.75 bits per heavy atom. The maximum atomic E-state index is 4.82. The summed E-state index contributed by atoms with van der Waals surface area (Å²) >= 11 is 1.81. The van der Waals surface area contributed by atoms with Crippen molar-refractivity contribution in [2.24, 2.45) is 0 Å². The number of hydrogen-bond donors (Lipinski definition) is 1. The molecule has 3 heterocycles. The monoisotopic (exact) mass is 315 g/mol. The van der Waals surface area contributed by atoms with E-state index >= 15 is 0 Å². The van der Waals surface area contributed by atoms with Gasteiger partial charge in [0.2, 0.25) is 0 Å². The largest absolute Gasteiger partial charge is 0.310 e. The average Bonchev–Trinajstić information content (AvgIpc) is 2.88. The molecule has 20 heavy (non-hydrogen) atoms. The minimum Gasteiger partial charge on any atom is -0.310 e. The first-order chi connectivity index (χ1) is 9.00. The van der Waals surface area contributed by atoms with Crippen LogP contribution in [0, 0.1) is 0 Å². The van der Waals surface area contributed by atoms with E-state index in [-0.39, 0.29) is 17.8 Å². The minimum absolute atomic E-state index is 0. The van der Waals surface area contributed by atoms with Crippen LogP contribution in [0.25, 0.3) is 0 Å². The van der Waals surface area contributed by atoms with Crippen molar-refractivity contribution < 1.29 is 0 Å². The van der Waals surface area contributed by atoms with Crippen molar-refractivity contribution in [2.45, 2.75) is 64.1 Å². The molecule has 0 spiro atoms. The number of nitrogens with one attached hydrogen (secondary N) is 1. The van der Waals surface area contributed by atoms with Crippen molar-refractivity contribution in [3.8, 4) is 0 Å². The molecule has 2 atom stereocenters. The molecule has 1 N–H and O–H groups in total. The van der Waals surface area contributed by atoms with Gasteiger partial charge < -0.3 is 5.32 Å². The van der Waals surface area contributed by atoms with Crippen molar-refractivity contribution in [2.75, 3.05) is 13.1 Å². The Kier molecular flexibility index (Phi) is 5.11. The van der Waals surface area contributed by atoms with E-state index in [9.17, 15) is 0 Å². The molecule has 3 rings (SSSR count). The van der Waals surface area contributed by atoms with Gasteiger partial charge in [0.25, 0.3) is 0 Å². The van der Waals surface area contributed by atoms with Crippen molar-refractivity contribution in [3.63, 3.8) is 0 Å². The van der Waals surface area contributed by atoms with E-state index in [0.29, 0.717) is 6.04 Å². The van der Waals surface area contributed by atoms with Gasteiger partial charge in [-0.1, -0.05) is 20.8 Å². The molecule has 2 bridgehead atoms. The van der Waals surface area contributed by atoms with E-state index in [4.69, 9.17) is 4.98 Å². The van der Waals surface area contributed by atoms with Crippen LogP contribution in [0.15, 0.2) is 5.38 Å². The third-order valence-corrected chi connectivity index (χ3v) is 5.50. The van der Waals surface area contributed by atoms with Gasteiger partial charge in [0.1, 0.15) is 0 Å². The summed E-state index contributed by atoms with van der Waals surface area (Å²) in [6.07, 6.45) is 4.03. The fourth-order valence-corrected chi connectivity index (χ4v) is 4.01. The number of aromatic nitrogens is 1. The quantitative estimate of drug-likeness (QED) is 0.908. The molecule has 2 unspecified atom stereocenters. The smallest absolute Gasteiger partial charge is 0.0982 e. The van der Waals surface area contributed by atoms with Crippen LogP contribution in [0.3, 0.4) is 0 Å². The Bertz CT molecular complexity index is 441. The third-order valence-electron chi connectivity index (χ3n) is 4.19. The Hall–Kier alpha value is -0.160. The zero-order valence-corrected chi connectivity index (χ0v) is 14.3. The molecule has 2 aliphatic rings. The van der Waals surface area contributed by atoms with E-state index in [1.54, 1.807) is 0 Å². The molecule has 0 aromatic carbocycles. The first kappa shape index (κ1) is 16.2. The van der Waals surface area contributed by atoms with Gasteiger partial charge in [-0.05, 0) is 19.3 Å². The van der Waals surface area contributed by atoms with Crippen LogP contribution in [0.5, 0.6) is 0 Å². The summed E-state index contributed by atoms with van der Waals surface area (Å²) in [4.78, 5) is 7.41. The molecular weight excluding hydrogens is 290 g/mol. The maximum Gasteiger partial charge on any atom is 0.0982 e. The standard InChI is InChI=1S/C15H25N3S.ClH/c1-15(2,3)14-17-13(10-19-14)9-18-7-6-11-4-5-12(8-18)16-11;/h10-12,16H,4-9H2,1-3H3;1H. The van der Waals surface area contributed by atoms with Gasteiger partial charge in [-0.3, -0.25) is 4.90 Å². The van der Waals surface area contributed by atoms with Crippen LogP contribution in [0.1, 0.15) is 50.7 Å². The van der Waals surface area contributed by atoms with Crippen LogP contribution < -0.4 is 5.32 Å². The molecule has 114 valence electrons. The molecule has 1 aromatic heterocycles. The minimum atomic E-state index is 0. The number of nitrogens with zero attached hydrogens (tertiary/aromatic N) is 2. The fraction of sp³-hybridized carbons (Fsp3) is 0.800. The molecule has 0 aliphatic carbocycles. The van der Waals surface area contributed by atoms with Crippen LogP contribution in [-0.4, -0.2) is 35.1 Å². The summed E-state index contributed by atoms with van der Waals surface area (Å²) in [5.74, 6) is 0. The lowest BCUT2D eigenvalue weighted by Gasteiger charge is -2.23. The van der Waals surface area contributed by atoms with Gasteiger partial charge in [-0.2, -0.15) is 0 Å². The molecule has 0 saturated carbocycles. The first-order valence-corrected chi connectivity index (χ1v) is 8.32. The number of hydrogen-bond acceptors (Lipinski definition) is 4. The molecule has 0 radical (unpaired) electrons. The fourth-order valence-electron chi connectivity index (χ4n) is 3.11. The highest BCUT2D eigenvalue weighted by molar-refractivity contribution is 7.09. The summed E-state index contributed by atoms with van der Waals surface area (Å²) in [5.41, 5.74) is 1.44. The predicted octanol–water partition coefficient (Wildman–Crippen LogP) is 3.19. The number of likely N-dealkylation sites (tertiary alicyclic amines) is 1. The van der Waals surface area contributed by atoms with Crippen molar-refractivity contribution >= 4 is 23.7 Å². The number of rotatable bonds is 2. The second-order valence-corrected chi connectivity index (χ2v) is 7.91. The second kappa shape index (κ2) is 6.30. The molecule has 3 nitrogen and oxygen atoms in total. The Morgan fingerprint density at radius 1 is 1.30 bits per heavy atom. The van der Waals surface area contributed by atoms with Crippen LogP contribution in [-0.2, 0) is 12.0 Å². The zero-order chi connectivity index (χ0) is 13.5. The van der Waals surface area contributed by atoms with Crippen LogP contribution >= 0.6 is 23.7 Å². The Labute approximate surface area is 132 Å². The zero-order valence-electron chi connectivity index (χ0n) is 12.7. The summed E-state index contributed by atoms with van der Waals surface area (Å²) in [6.45, 7) is 10.2.